The fourth-order valence-electron chi connectivity index (χ4n) is 2.55. The molecule has 2 amide bonds. The first-order valence-electron chi connectivity index (χ1n) is 7.40. The van der Waals surface area contributed by atoms with E-state index < -0.39 is 5.79 Å². The van der Waals surface area contributed by atoms with Crippen molar-refractivity contribution in [2.45, 2.75) is 19.1 Å². The van der Waals surface area contributed by atoms with E-state index in [-0.39, 0.29) is 24.8 Å². The molecule has 1 heterocycles. The van der Waals surface area contributed by atoms with Crippen molar-refractivity contribution in [2.75, 3.05) is 6.54 Å². The molecule has 0 aliphatic carbocycles. The van der Waals surface area contributed by atoms with Gasteiger partial charge in [-0.1, -0.05) is 30.3 Å². The van der Waals surface area contributed by atoms with Crippen molar-refractivity contribution in [1.29, 1.82) is 0 Å². The summed E-state index contributed by atoms with van der Waals surface area (Å²) in [6, 6.07) is 15.6. The van der Waals surface area contributed by atoms with Gasteiger partial charge in [-0.2, -0.15) is 0 Å². The van der Waals surface area contributed by atoms with Crippen LogP contribution in [0, 0.1) is 0 Å². The number of para-hydroxylation sites is 1. The molecule has 2 aromatic rings. The number of carbonyl (C=O) groups is 2. The lowest BCUT2D eigenvalue weighted by molar-refractivity contribution is -0.127. The van der Waals surface area contributed by atoms with E-state index in [1.165, 1.54) is 6.92 Å². The van der Waals surface area contributed by atoms with Crippen molar-refractivity contribution in [1.82, 2.24) is 4.90 Å². The highest BCUT2D eigenvalue weighted by Gasteiger charge is 2.36. The second-order valence-electron chi connectivity index (χ2n) is 5.65. The standard InChI is InChI=1S/C18H17NO4/c1-18(22,23-13-7-3-2-4-8-13)11-12-19-16(20)14-9-5-6-10-15(14)17(19)21/h2-10,22H,11-12H2,1H3. The third kappa shape index (κ3) is 3.10. The average Bonchev–Trinajstić information content (AvgIpc) is 2.78. The number of imide groups is 1. The Balaban J connectivity index is 1.67. The van der Waals surface area contributed by atoms with Crippen LogP contribution in [0.25, 0.3) is 0 Å². The highest BCUT2D eigenvalue weighted by atomic mass is 16.6. The molecular formula is C18H17NO4. The molecule has 0 spiro atoms. The first-order chi connectivity index (χ1) is 11.0. The Morgan fingerprint density at radius 2 is 1.48 bits per heavy atom. The van der Waals surface area contributed by atoms with E-state index in [2.05, 4.69) is 0 Å². The molecule has 0 bridgehead atoms. The summed E-state index contributed by atoms with van der Waals surface area (Å²) in [5, 5.41) is 10.3. The van der Waals surface area contributed by atoms with Crippen molar-refractivity contribution in [2.24, 2.45) is 0 Å². The van der Waals surface area contributed by atoms with Crippen molar-refractivity contribution in [3.8, 4) is 5.75 Å². The largest absolute Gasteiger partial charge is 0.463 e. The second kappa shape index (κ2) is 5.85. The van der Waals surface area contributed by atoms with Crippen LogP contribution in [0.15, 0.2) is 54.6 Å². The van der Waals surface area contributed by atoms with Gasteiger partial charge in [0.25, 0.3) is 11.8 Å². The molecule has 1 aliphatic heterocycles. The van der Waals surface area contributed by atoms with Gasteiger partial charge in [0.2, 0.25) is 5.79 Å². The van der Waals surface area contributed by atoms with Gasteiger partial charge in [0.1, 0.15) is 5.75 Å². The number of ether oxygens (including phenoxy) is 1. The molecule has 2 aromatic carbocycles. The minimum absolute atomic E-state index is 0.0895. The number of nitrogens with zero attached hydrogens (tertiary/aromatic N) is 1. The summed E-state index contributed by atoms with van der Waals surface area (Å²) in [4.78, 5) is 25.7. The molecule has 5 nitrogen and oxygen atoms in total. The molecule has 0 saturated carbocycles. The Bertz CT molecular complexity index is 705. The van der Waals surface area contributed by atoms with Gasteiger partial charge in [-0.15, -0.1) is 0 Å². The Morgan fingerprint density at radius 1 is 0.957 bits per heavy atom. The van der Waals surface area contributed by atoms with Crippen LogP contribution in [0.2, 0.25) is 0 Å². The summed E-state index contributed by atoms with van der Waals surface area (Å²) in [7, 11) is 0. The number of hydrogen-bond donors (Lipinski definition) is 1. The lowest BCUT2D eigenvalue weighted by Crippen LogP contribution is -2.39. The molecular weight excluding hydrogens is 294 g/mol. The second-order valence-corrected chi connectivity index (χ2v) is 5.65. The van der Waals surface area contributed by atoms with Gasteiger partial charge in [-0.05, 0) is 24.3 Å². The minimum atomic E-state index is -1.48. The first-order valence-corrected chi connectivity index (χ1v) is 7.40. The number of benzene rings is 2. The van der Waals surface area contributed by atoms with E-state index in [0.29, 0.717) is 16.9 Å². The van der Waals surface area contributed by atoms with Crippen LogP contribution in [0.3, 0.4) is 0 Å². The van der Waals surface area contributed by atoms with Crippen LogP contribution in [0.1, 0.15) is 34.1 Å². The van der Waals surface area contributed by atoms with Gasteiger partial charge in [0.05, 0.1) is 11.1 Å². The summed E-state index contributed by atoms with van der Waals surface area (Å²) in [5.41, 5.74) is 0.808. The van der Waals surface area contributed by atoms with Crippen molar-refractivity contribution < 1.29 is 19.4 Å². The molecule has 1 aliphatic rings. The number of hydrogen-bond acceptors (Lipinski definition) is 4. The maximum absolute atomic E-state index is 12.3. The third-order valence-electron chi connectivity index (χ3n) is 3.76. The van der Waals surface area contributed by atoms with Gasteiger partial charge >= 0.3 is 0 Å². The van der Waals surface area contributed by atoms with Gasteiger partial charge in [0.15, 0.2) is 0 Å². The summed E-state index contributed by atoms with van der Waals surface area (Å²) in [6.07, 6.45) is 0.118. The Morgan fingerprint density at radius 3 is 2.04 bits per heavy atom. The van der Waals surface area contributed by atoms with Gasteiger partial charge in [-0.3, -0.25) is 14.5 Å². The zero-order chi connectivity index (χ0) is 16.4. The molecule has 5 heteroatoms. The average molecular weight is 311 g/mol. The molecule has 0 saturated heterocycles. The van der Waals surface area contributed by atoms with Crippen LogP contribution < -0.4 is 4.74 Å². The smallest absolute Gasteiger partial charge is 0.261 e. The highest BCUT2D eigenvalue weighted by Crippen LogP contribution is 2.25. The zero-order valence-electron chi connectivity index (χ0n) is 12.7. The number of amides is 2. The predicted octanol–water partition coefficient (Wildman–Crippen LogP) is 2.46. The van der Waals surface area contributed by atoms with Crippen LogP contribution in [0.5, 0.6) is 5.75 Å². The minimum Gasteiger partial charge on any atom is -0.463 e. The zero-order valence-corrected chi connectivity index (χ0v) is 12.7. The first kappa shape index (κ1) is 15.2. The summed E-state index contributed by atoms with van der Waals surface area (Å²) in [5.74, 6) is -1.61. The lowest BCUT2D eigenvalue weighted by atomic mass is 10.1. The van der Waals surface area contributed by atoms with Crippen molar-refractivity contribution >= 4 is 11.8 Å². The summed E-state index contributed by atoms with van der Waals surface area (Å²) < 4.78 is 5.52. The van der Waals surface area contributed by atoms with Gasteiger partial charge in [0, 0.05) is 19.9 Å². The SMILES string of the molecule is CC(O)(CCN1C(=O)c2ccccc2C1=O)Oc1ccccc1. The monoisotopic (exact) mass is 311 g/mol. The highest BCUT2D eigenvalue weighted by molar-refractivity contribution is 6.21. The van der Waals surface area contributed by atoms with Crippen molar-refractivity contribution in [3.05, 3.63) is 65.7 Å². The van der Waals surface area contributed by atoms with Crippen LogP contribution in [-0.4, -0.2) is 34.2 Å². The molecule has 118 valence electrons. The summed E-state index contributed by atoms with van der Waals surface area (Å²) >= 11 is 0. The molecule has 0 aromatic heterocycles. The van der Waals surface area contributed by atoms with E-state index in [0.717, 1.165) is 4.90 Å². The van der Waals surface area contributed by atoms with Crippen LogP contribution in [-0.2, 0) is 0 Å². The fourth-order valence-corrected chi connectivity index (χ4v) is 2.55. The number of carbonyl (C=O) groups excluding carboxylic acids is 2. The van der Waals surface area contributed by atoms with E-state index in [1.54, 1.807) is 48.5 Å². The van der Waals surface area contributed by atoms with E-state index in [9.17, 15) is 14.7 Å². The van der Waals surface area contributed by atoms with E-state index in [4.69, 9.17) is 4.74 Å². The molecule has 1 N–H and O–H groups in total. The molecule has 3 rings (SSSR count). The topological polar surface area (TPSA) is 66.8 Å². The fraction of sp³-hybridized carbons (Fsp3) is 0.222. The molecule has 23 heavy (non-hydrogen) atoms. The maximum Gasteiger partial charge on any atom is 0.261 e. The molecule has 1 atom stereocenters. The Hall–Kier alpha value is -2.66. The van der Waals surface area contributed by atoms with Crippen LogP contribution in [0.4, 0.5) is 0 Å². The summed E-state index contributed by atoms with van der Waals surface area (Å²) in [6.45, 7) is 1.60. The van der Waals surface area contributed by atoms with Gasteiger partial charge < -0.3 is 9.84 Å². The van der Waals surface area contributed by atoms with Crippen molar-refractivity contribution in [3.63, 3.8) is 0 Å². The number of fused-ring (bicyclic) bond motifs is 1. The Kier molecular flexibility index (Phi) is 3.88. The lowest BCUT2D eigenvalue weighted by Gasteiger charge is -2.26. The van der Waals surface area contributed by atoms with E-state index in [1.807, 2.05) is 6.07 Å². The molecule has 1 unspecified atom stereocenters. The van der Waals surface area contributed by atoms with E-state index >= 15 is 0 Å². The van der Waals surface area contributed by atoms with Gasteiger partial charge in [-0.25, -0.2) is 0 Å². The predicted molar refractivity (Wildman–Crippen MR) is 84.1 cm³/mol. The quantitative estimate of drug-likeness (QED) is 0.680. The van der Waals surface area contributed by atoms with Crippen LogP contribution >= 0.6 is 0 Å². The Labute approximate surface area is 134 Å². The number of rotatable bonds is 5. The normalized spacial score (nSPS) is 16.2. The number of aliphatic hydroxyl groups is 1. The molecule has 0 fully saturated rings. The maximum atomic E-state index is 12.3. The molecule has 0 radical (unpaired) electrons. The third-order valence-corrected chi connectivity index (χ3v) is 3.76.